The highest BCUT2D eigenvalue weighted by molar-refractivity contribution is 6.10. The fourth-order valence-corrected chi connectivity index (χ4v) is 7.09. The molecule has 0 amide bonds. The zero-order valence-electron chi connectivity index (χ0n) is 32.0. The molecule has 0 fully saturated rings. The summed E-state index contributed by atoms with van der Waals surface area (Å²) in [6.07, 6.45) is 21.1. The average molecular weight is 714 g/mol. The average Bonchev–Trinajstić information content (AvgIpc) is 3.52. The lowest BCUT2D eigenvalue weighted by molar-refractivity contribution is 1.01. The molecule has 0 aliphatic heterocycles. The summed E-state index contributed by atoms with van der Waals surface area (Å²) >= 11 is 0. The number of aryl methyl sites for hydroxylation is 1. The second-order valence-corrected chi connectivity index (χ2v) is 13.5. The number of aromatic nitrogens is 1. The third kappa shape index (κ3) is 8.22. The maximum atomic E-state index is 2.35. The van der Waals surface area contributed by atoms with E-state index in [0.29, 0.717) is 0 Å². The first-order chi connectivity index (χ1) is 27.1. The molecule has 55 heavy (non-hydrogen) atoms. The molecule has 0 saturated heterocycles. The fourth-order valence-electron chi connectivity index (χ4n) is 7.09. The molecule has 0 atom stereocenters. The molecule has 3 heteroatoms. The summed E-state index contributed by atoms with van der Waals surface area (Å²) in [6.45, 7) is 6.23. The van der Waals surface area contributed by atoms with Crippen molar-refractivity contribution in [2.24, 2.45) is 7.05 Å². The van der Waals surface area contributed by atoms with Gasteiger partial charge in [0.25, 0.3) is 0 Å². The van der Waals surface area contributed by atoms with Gasteiger partial charge in [-0.2, -0.15) is 0 Å². The lowest BCUT2D eigenvalue weighted by Crippen LogP contribution is -2.12. The van der Waals surface area contributed by atoms with Crippen molar-refractivity contribution in [3.8, 4) is 11.1 Å². The van der Waals surface area contributed by atoms with Crippen LogP contribution < -0.4 is 9.80 Å². The van der Waals surface area contributed by atoms with Crippen molar-refractivity contribution in [2.45, 2.75) is 20.8 Å². The molecule has 1 heterocycles. The molecule has 6 aromatic carbocycles. The fraction of sp³-hybridized carbons (Fsp3) is 0.0769. The molecule has 0 aliphatic rings. The topological polar surface area (TPSA) is 11.4 Å². The number of allylic oxidation sites excluding steroid dienone is 11. The van der Waals surface area contributed by atoms with Crippen LogP contribution in [-0.2, 0) is 7.05 Å². The van der Waals surface area contributed by atoms with E-state index in [4.69, 9.17) is 0 Å². The Balaban J connectivity index is 1.22. The summed E-state index contributed by atoms with van der Waals surface area (Å²) in [5.41, 5.74) is 12.7. The van der Waals surface area contributed by atoms with Gasteiger partial charge in [0, 0.05) is 63.5 Å². The molecule has 0 aliphatic carbocycles. The van der Waals surface area contributed by atoms with E-state index in [1.165, 1.54) is 38.5 Å². The van der Waals surface area contributed by atoms with Crippen molar-refractivity contribution in [1.29, 1.82) is 0 Å². The van der Waals surface area contributed by atoms with Crippen LogP contribution in [0.4, 0.5) is 22.7 Å². The number of fused-ring (bicyclic) bond motifs is 3. The Morgan fingerprint density at radius 1 is 0.509 bits per heavy atom. The third-order valence-electron chi connectivity index (χ3n) is 9.85. The zero-order valence-corrected chi connectivity index (χ0v) is 32.0. The van der Waals surface area contributed by atoms with Crippen LogP contribution in [0.15, 0.2) is 218 Å². The van der Waals surface area contributed by atoms with Gasteiger partial charge in [0.15, 0.2) is 0 Å². The normalized spacial score (nSPS) is 12.7. The van der Waals surface area contributed by atoms with Gasteiger partial charge in [-0.3, -0.25) is 0 Å². The summed E-state index contributed by atoms with van der Waals surface area (Å²) in [6, 6.07) is 54.1. The van der Waals surface area contributed by atoms with Gasteiger partial charge >= 0.3 is 0 Å². The summed E-state index contributed by atoms with van der Waals surface area (Å²) < 4.78 is 2.30. The number of hydrogen-bond acceptors (Lipinski definition) is 2. The van der Waals surface area contributed by atoms with Crippen molar-refractivity contribution in [3.05, 3.63) is 224 Å². The van der Waals surface area contributed by atoms with Gasteiger partial charge in [0.05, 0.1) is 0 Å². The molecule has 0 N–H and O–H groups in total. The predicted molar refractivity (Wildman–Crippen MR) is 239 cm³/mol. The van der Waals surface area contributed by atoms with Crippen LogP contribution in [0.25, 0.3) is 38.5 Å². The lowest BCUT2D eigenvalue weighted by atomic mass is 9.99. The molecule has 1 aromatic heterocycles. The van der Waals surface area contributed by atoms with E-state index >= 15 is 0 Å². The molecule has 7 rings (SSSR count). The minimum atomic E-state index is 1.11. The number of benzene rings is 6. The van der Waals surface area contributed by atoms with Crippen molar-refractivity contribution in [3.63, 3.8) is 0 Å². The Labute approximate surface area is 326 Å². The van der Waals surface area contributed by atoms with Crippen LogP contribution in [0, 0.1) is 0 Å². The smallest absolute Gasteiger partial charge is 0.0489 e. The SMILES string of the molecule is C\C=C/C=C\C=C(/C)N(/C=C/C=C(\C=C/C)c1ccc2c(c1)c1cc(-c3ccc(N(c4ccccc4)c4ccccc4)cc3)ccc1n2C)c1ccccc1. The molecular formula is C52H47N3. The Kier molecular flexibility index (Phi) is 11.5. The molecule has 0 radical (unpaired) electrons. The number of nitrogens with zero attached hydrogens (tertiary/aromatic N) is 3. The molecular weight excluding hydrogens is 667 g/mol. The van der Waals surface area contributed by atoms with Crippen LogP contribution in [0.1, 0.15) is 26.3 Å². The van der Waals surface area contributed by atoms with Crippen LogP contribution in [0.2, 0.25) is 0 Å². The lowest BCUT2D eigenvalue weighted by Gasteiger charge is -2.25. The van der Waals surface area contributed by atoms with Gasteiger partial charge in [-0.15, -0.1) is 0 Å². The Hall–Kier alpha value is -6.84. The second-order valence-electron chi connectivity index (χ2n) is 13.5. The van der Waals surface area contributed by atoms with Gasteiger partial charge in [0.2, 0.25) is 0 Å². The first-order valence-corrected chi connectivity index (χ1v) is 18.9. The minimum absolute atomic E-state index is 1.11. The maximum Gasteiger partial charge on any atom is 0.0489 e. The van der Waals surface area contributed by atoms with Gasteiger partial charge in [-0.1, -0.05) is 121 Å². The number of para-hydroxylation sites is 3. The highest BCUT2D eigenvalue weighted by Gasteiger charge is 2.14. The van der Waals surface area contributed by atoms with E-state index in [1.54, 1.807) is 0 Å². The highest BCUT2D eigenvalue weighted by atomic mass is 15.1. The Morgan fingerprint density at radius 3 is 1.69 bits per heavy atom. The largest absolute Gasteiger partial charge is 0.344 e. The molecule has 7 aromatic rings. The van der Waals surface area contributed by atoms with E-state index in [-0.39, 0.29) is 0 Å². The second kappa shape index (κ2) is 17.3. The van der Waals surface area contributed by atoms with Crippen molar-refractivity contribution in [1.82, 2.24) is 4.57 Å². The molecule has 270 valence electrons. The van der Waals surface area contributed by atoms with E-state index in [0.717, 1.165) is 34.0 Å². The predicted octanol–water partition coefficient (Wildman–Crippen LogP) is 14.5. The minimum Gasteiger partial charge on any atom is -0.344 e. The number of hydrogen-bond donors (Lipinski definition) is 0. The van der Waals surface area contributed by atoms with E-state index in [1.807, 2.05) is 19.1 Å². The maximum absolute atomic E-state index is 2.35. The molecule has 0 unspecified atom stereocenters. The van der Waals surface area contributed by atoms with Crippen LogP contribution in [0.3, 0.4) is 0 Å². The number of anilines is 4. The summed E-state index contributed by atoms with van der Waals surface area (Å²) in [5, 5.41) is 2.48. The summed E-state index contributed by atoms with van der Waals surface area (Å²) in [5.74, 6) is 0. The van der Waals surface area contributed by atoms with Gasteiger partial charge < -0.3 is 14.4 Å². The summed E-state index contributed by atoms with van der Waals surface area (Å²) in [7, 11) is 2.16. The molecule has 0 saturated carbocycles. The van der Waals surface area contributed by atoms with Crippen LogP contribution in [0.5, 0.6) is 0 Å². The Bertz CT molecular complexity index is 2510. The van der Waals surface area contributed by atoms with Gasteiger partial charge in [-0.05, 0) is 128 Å². The van der Waals surface area contributed by atoms with Crippen molar-refractivity contribution >= 4 is 50.1 Å². The first kappa shape index (κ1) is 36.5. The van der Waals surface area contributed by atoms with E-state index in [2.05, 4.69) is 236 Å². The van der Waals surface area contributed by atoms with Crippen LogP contribution >= 0.6 is 0 Å². The molecule has 0 bridgehead atoms. The van der Waals surface area contributed by atoms with E-state index in [9.17, 15) is 0 Å². The van der Waals surface area contributed by atoms with E-state index < -0.39 is 0 Å². The zero-order chi connectivity index (χ0) is 38.0. The molecule has 0 spiro atoms. The van der Waals surface area contributed by atoms with Crippen molar-refractivity contribution in [2.75, 3.05) is 9.80 Å². The first-order valence-electron chi connectivity index (χ1n) is 18.9. The van der Waals surface area contributed by atoms with Crippen molar-refractivity contribution < 1.29 is 0 Å². The van der Waals surface area contributed by atoms with Gasteiger partial charge in [-0.25, -0.2) is 0 Å². The quantitative estimate of drug-likeness (QED) is 0.117. The Morgan fingerprint density at radius 2 is 1.07 bits per heavy atom. The monoisotopic (exact) mass is 713 g/mol. The summed E-state index contributed by atoms with van der Waals surface area (Å²) in [4.78, 5) is 4.51. The van der Waals surface area contributed by atoms with Crippen LogP contribution in [-0.4, -0.2) is 4.57 Å². The van der Waals surface area contributed by atoms with Gasteiger partial charge in [0.1, 0.15) is 0 Å². The highest BCUT2D eigenvalue weighted by Crippen LogP contribution is 2.37. The molecule has 3 nitrogen and oxygen atoms in total. The third-order valence-corrected chi connectivity index (χ3v) is 9.85. The standard InChI is InChI=1S/C52H47N3/c1-5-7-8-12-21-40(3)54(45-23-13-9-14-24-45)37-19-22-41(20-6-2)43-31-35-51-49(38-43)50-39-44(32-36-52(50)53(51)4)42-29-33-48(34-30-42)55(46-25-15-10-16-26-46)47-27-17-11-18-28-47/h5-39H,1-4H3/b7-5-,12-8-,20-6-,37-19+,40-21+,41-22+. The number of rotatable bonds is 12.